The number of ether oxygens (including phenoxy) is 2. The standard InChI is InChI=1S/C19H31NO3/c1-5-9-10-15(6-2)14-20-19(21)16-11-12-17(22-7-3)18(13-16)23-8-4/h11-13,15H,5-10,14H2,1-4H3,(H,20,21)/t15-/m0/s1. The van der Waals surface area contributed by atoms with E-state index in [2.05, 4.69) is 19.2 Å². The fourth-order valence-corrected chi connectivity index (χ4v) is 2.47. The van der Waals surface area contributed by atoms with Gasteiger partial charge in [0.15, 0.2) is 11.5 Å². The van der Waals surface area contributed by atoms with Gasteiger partial charge in [0.1, 0.15) is 0 Å². The maximum Gasteiger partial charge on any atom is 0.251 e. The van der Waals surface area contributed by atoms with Gasteiger partial charge in [0.05, 0.1) is 13.2 Å². The molecule has 0 unspecified atom stereocenters. The summed E-state index contributed by atoms with van der Waals surface area (Å²) in [6.07, 6.45) is 4.67. The molecule has 0 aliphatic rings. The van der Waals surface area contributed by atoms with Crippen LogP contribution in [0, 0.1) is 5.92 Å². The highest BCUT2D eigenvalue weighted by atomic mass is 16.5. The van der Waals surface area contributed by atoms with Crippen LogP contribution < -0.4 is 14.8 Å². The lowest BCUT2D eigenvalue weighted by molar-refractivity contribution is 0.0945. The molecule has 0 radical (unpaired) electrons. The van der Waals surface area contributed by atoms with Crippen LogP contribution in [0.2, 0.25) is 0 Å². The third-order valence-electron chi connectivity index (χ3n) is 3.90. The van der Waals surface area contributed by atoms with Crippen LogP contribution in [0.25, 0.3) is 0 Å². The summed E-state index contributed by atoms with van der Waals surface area (Å²) in [5.74, 6) is 1.80. The van der Waals surface area contributed by atoms with Gasteiger partial charge in [0.25, 0.3) is 5.91 Å². The van der Waals surface area contributed by atoms with Crippen LogP contribution in [-0.4, -0.2) is 25.7 Å². The molecule has 4 heteroatoms. The normalized spacial score (nSPS) is 11.8. The maximum absolute atomic E-state index is 12.4. The van der Waals surface area contributed by atoms with Crippen LogP contribution in [0.4, 0.5) is 0 Å². The molecule has 130 valence electrons. The van der Waals surface area contributed by atoms with E-state index in [1.54, 1.807) is 18.2 Å². The van der Waals surface area contributed by atoms with E-state index in [-0.39, 0.29) is 5.91 Å². The fourth-order valence-electron chi connectivity index (χ4n) is 2.47. The minimum atomic E-state index is -0.0519. The summed E-state index contributed by atoms with van der Waals surface area (Å²) >= 11 is 0. The Kier molecular flexibility index (Phi) is 9.18. The molecule has 0 saturated heterocycles. The van der Waals surface area contributed by atoms with Gasteiger partial charge in [0, 0.05) is 12.1 Å². The van der Waals surface area contributed by atoms with Gasteiger partial charge in [0.2, 0.25) is 0 Å². The minimum absolute atomic E-state index is 0.0519. The molecular formula is C19H31NO3. The number of nitrogens with one attached hydrogen (secondary N) is 1. The molecule has 1 amide bonds. The van der Waals surface area contributed by atoms with Gasteiger partial charge in [-0.15, -0.1) is 0 Å². The first-order chi connectivity index (χ1) is 11.2. The van der Waals surface area contributed by atoms with Crippen molar-refractivity contribution in [1.29, 1.82) is 0 Å². The van der Waals surface area contributed by atoms with E-state index in [0.29, 0.717) is 36.2 Å². The molecule has 1 aromatic carbocycles. The highest BCUT2D eigenvalue weighted by Gasteiger charge is 2.13. The second-order valence-corrected chi connectivity index (χ2v) is 5.65. The van der Waals surface area contributed by atoms with Gasteiger partial charge in [-0.25, -0.2) is 0 Å². The molecular weight excluding hydrogens is 290 g/mol. The number of carbonyl (C=O) groups is 1. The Morgan fingerprint density at radius 3 is 2.39 bits per heavy atom. The number of amides is 1. The molecule has 0 aliphatic carbocycles. The summed E-state index contributed by atoms with van der Waals surface area (Å²) in [6.45, 7) is 10.1. The summed E-state index contributed by atoms with van der Waals surface area (Å²) < 4.78 is 11.1. The third kappa shape index (κ3) is 6.51. The number of carbonyl (C=O) groups excluding carboxylic acids is 1. The van der Waals surface area contributed by atoms with E-state index < -0.39 is 0 Å². The first-order valence-corrected chi connectivity index (χ1v) is 8.83. The number of hydrogen-bond acceptors (Lipinski definition) is 3. The van der Waals surface area contributed by atoms with Crippen LogP contribution in [0.3, 0.4) is 0 Å². The zero-order valence-corrected chi connectivity index (χ0v) is 15.0. The summed E-state index contributed by atoms with van der Waals surface area (Å²) in [5, 5.41) is 3.04. The number of unbranched alkanes of at least 4 members (excludes halogenated alkanes) is 1. The van der Waals surface area contributed by atoms with Gasteiger partial charge in [-0.05, 0) is 44.4 Å². The minimum Gasteiger partial charge on any atom is -0.490 e. The molecule has 1 aromatic rings. The molecule has 0 fully saturated rings. The molecule has 0 spiro atoms. The van der Waals surface area contributed by atoms with Gasteiger partial charge < -0.3 is 14.8 Å². The Balaban J connectivity index is 2.69. The van der Waals surface area contributed by atoms with E-state index in [1.165, 1.54) is 19.3 Å². The van der Waals surface area contributed by atoms with E-state index in [4.69, 9.17) is 9.47 Å². The quantitative estimate of drug-likeness (QED) is 0.656. The van der Waals surface area contributed by atoms with Crippen molar-refractivity contribution < 1.29 is 14.3 Å². The lowest BCUT2D eigenvalue weighted by Crippen LogP contribution is -2.29. The lowest BCUT2D eigenvalue weighted by atomic mass is 9.99. The molecule has 0 bridgehead atoms. The summed E-state index contributed by atoms with van der Waals surface area (Å²) in [7, 11) is 0. The fraction of sp³-hybridized carbons (Fsp3) is 0.632. The predicted molar refractivity (Wildman–Crippen MR) is 94.4 cm³/mol. The van der Waals surface area contributed by atoms with E-state index >= 15 is 0 Å². The van der Waals surface area contributed by atoms with Crippen LogP contribution in [0.5, 0.6) is 11.5 Å². The summed E-state index contributed by atoms with van der Waals surface area (Å²) in [6, 6.07) is 5.35. The second-order valence-electron chi connectivity index (χ2n) is 5.65. The molecule has 0 heterocycles. The number of benzene rings is 1. The smallest absolute Gasteiger partial charge is 0.251 e. The van der Waals surface area contributed by atoms with Crippen molar-refractivity contribution in [3.63, 3.8) is 0 Å². The average molecular weight is 321 g/mol. The molecule has 1 N–H and O–H groups in total. The van der Waals surface area contributed by atoms with Crippen molar-refractivity contribution in [3.05, 3.63) is 23.8 Å². The topological polar surface area (TPSA) is 47.6 Å². The first kappa shape index (κ1) is 19.3. The predicted octanol–water partition coefficient (Wildman–Crippen LogP) is 4.43. The summed E-state index contributed by atoms with van der Waals surface area (Å²) in [4.78, 5) is 12.4. The van der Waals surface area contributed by atoms with Crippen molar-refractivity contribution in [3.8, 4) is 11.5 Å². The Labute approximate surface area is 140 Å². The van der Waals surface area contributed by atoms with Crippen LogP contribution in [0.15, 0.2) is 18.2 Å². The molecule has 1 rings (SSSR count). The van der Waals surface area contributed by atoms with Gasteiger partial charge in [-0.3, -0.25) is 4.79 Å². The molecule has 1 atom stereocenters. The van der Waals surface area contributed by atoms with Crippen LogP contribution >= 0.6 is 0 Å². The van der Waals surface area contributed by atoms with E-state index in [1.807, 2.05) is 13.8 Å². The van der Waals surface area contributed by atoms with Crippen molar-refractivity contribution in [2.45, 2.75) is 53.4 Å². The largest absolute Gasteiger partial charge is 0.490 e. The van der Waals surface area contributed by atoms with Gasteiger partial charge in [-0.1, -0.05) is 33.1 Å². The van der Waals surface area contributed by atoms with Crippen LogP contribution in [-0.2, 0) is 0 Å². The third-order valence-corrected chi connectivity index (χ3v) is 3.90. The number of hydrogen-bond donors (Lipinski definition) is 1. The van der Waals surface area contributed by atoms with Crippen molar-refractivity contribution in [2.24, 2.45) is 5.92 Å². The molecule has 4 nitrogen and oxygen atoms in total. The molecule has 0 saturated carbocycles. The lowest BCUT2D eigenvalue weighted by Gasteiger charge is -2.16. The van der Waals surface area contributed by atoms with Gasteiger partial charge in [-0.2, -0.15) is 0 Å². The van der Waals surface area contributed by atoms with Crippen LogP contribution in [0.1, 0.15) is 63.7 Å². The first-order valence-electron chi connectivity index (χ1n) is 8.83. The van der Waals surface area contributed by atoms with E-state index in [0.717, 1.165) is 13.0 Å². The Morgan fingerprint density at radius 2 is 1.78 bits per heavy atom. The zero-order valence-electron chi connectivity index (χ0n) is 15.0. The molecule has 23 heavy (non-hydrogen) atoms. The Bertz CT molecular complexity index is 474. The SMILES string of the molecule is CCCC[C@H](CC)CNC(=O)c1ccc(OCC)c(OCC)c1. The monoisotopic (exact) mass is 321 g/mol. The highest BCUT2D eigenvalue weighted by molar-refractivity contribution is 5.94. The maximum atomic E-state index is 12.4. The van der Waals surface area contributed by atoms with Gasteiger partial charge >= 0.3 is 0 Å². The van der Waals surface area contributed by atoms with E-state index in [9.17, 15) is 4.79 Å². The average Bonchev–Trinajstić information content (AvgIpc) is 2.56. The van der Waals surface area contributed by atoms with Crippen molar-refractivity contribution >= 4 is 5.91 Å². The van der Waals surface area contributed by atoms with Crippen molar-refractivity contribution in [2.75, 3.05) is 19.8 Å². The molecule has 0 aliphatic heterocycles. The zero-order chi connectivity index (χ0) is 17.1. The summed E-state index contributed by atoms with van der Waals surface area (Å²) in [5.41, 5.74) is 0.613. The highest BCUT2D eigenvalue weighted by Crippen LogP contribution is 2.28. The Hall–Kier alpha value is -1.71. The molecule has 0 aromatic heterocycles. The number of rotatable bonds is 11. The second kappa shape index (κ2) is 10.9. The Morgan fingerprint density at radius 1 is 1.09 bits per heavy atom. The van der Waals surface area contributed by atoms with Crippen molar-refractivity contribution in [1.82, 2.24) is 5.32 Å².